The molecule has 0 aliphatic heterocycles. The van der Waals surface area contributed by atoms with Crippen LogP contribution in [0.5, 0.6) is 0 Å². The van der Waals surface area contributed by atoms with Crippen LogP contribution in [-0.4, -0.2) is 30.7 Å². The van der Waals surface area contributed by atoms with Crippen molar-refractivity contribution in [3.8, 4) is 0 Å². The molecule has 140 valence electrons. The van der Waals surface area contributed by atoms with E-state index in [-0.39, 0.29) is 33.4 Å². The third-order valence-electron chi connectivity index (χ3n) is 3.85. The van der Waals surface area contributed by atoms with Gasteiger partial charge >= 0.3 is 5.97 Å². The van der Waals surface area contributed by atoms with Crippen LogP contribution in [0.4, 0.5) is 5.69 Å². The molecular weight excluding hydrogens is 392 g/mol. The van der Waals surface area contributed by atoms with Gasteiger partial charge in [-0.15, -0.1) is 0 Å². The van der Waals surface area contributed by atoms with Gasteiger partial charge in [0.05, 0.1) is 17.8 Å². The van der Waals surface area contributed by atoms with E-state index in [0.29, 0.717) is 5.39 Å². The summed E-state index contributed by atoms with van der Waals surface area (Å²) in [6.07, 6.45) is 0. The predicted octanol–water partition coefficient (Wildman–Crippen LogP) is 2.86. The molecule has 9 heteroatoms. The summed E-state index contributed by atoms with van der Waals surface area (Å²) in [5.74, 6) is -2.21. The van der Waals surface area contributed by atoms with Crippen molar-refractivity contribution in [3.05, 3.63) is 59.2 Å². The number of hydrogen-bond acceptors (Lipinski definition) is 6. The van der Waals surface area contributed by atoms with Gasteiger partial charge in [0.25, 0.3) is 15.8 Å². The second kappa shape index (κ2) is 7.05. The monoisotopic (exact) mass is 406 g/mol. The Bertz CT molecular complexity index is 1170. The van der Waals surface area contributed by atoms with Gasteiger partial charge in [-0.3, -0.25) is 4.79 Å². The van der Waals surface area contributed by atoms with Gasteiger partial charge in [0.15, 0.2) is 0 Å². The van der Waals surface area contributed by atoms with Crippen LogP contribution in [0.15, 0.2) is 53.4 Å². The molecule has 27 heavy (non-hydrogen) atoms. The van der Waals surface area contributed by atoms with E-state index in [1.54, 1.807) is 25.1 Å². The second-order valence-electron chi connectivity index (χ2n) is 5.59. The molecule has 0 fully saturated rings. The molecule has 0 unspecified atom stereocenters. The number of benzene rings is 2. The first-order chi connectivity index (χ1) is 12.8. The third kappa shape index (κ3) is 3.29. The summed E-state index contributed by atoms with van der Waals surface area (Å²) in [4.78, 5) is 24.2. The number of para-hydroxylation sites is 1. The molecule has 0 saturated carbocycles. The van der Waals surface area contributed by atoms with Gasteiger partial charge in [0.1, 0.15) is 10.6 Å². The van der Waals surface area contributed by atoms with Crippen LogP contribution in [-0.2, 0) is 19.6 Å². The SMILES string of the molecule is CCOC(=O)C(=O)c1cc2ccccc2n1S(=O)(=O)c1cc(Cl)ccc1N. The summed E-state index contributed by atoms with van der Waals surface area (Å²) < 4.78 is 32.1. The fraction of sp³-hybridized carbons (Fsp3) is 0.111. The average Bonchev–Trinajstić information content (AvgIpc) is 3.03. The molecule has 3 aromatic rings. The lowest BCUT2D eigenvalue weighted by molar-refractivity contribution is -0.137. The quantitative estimate of drug-likeness (QED) is 0.302. The molecule has 0 aliphatic rings. The number of esters is 1. The first-order valence-corrected chi connectivity index (χ1v) is 9.71. The van der Waals surface area contributed by atoms with Crippen molar-refractivity contribution < 1.29 is 22.7 Å². The van der Waals surface area contributed by atoms with Crippen LogP contribution in [0.1, 0.15) is 17.4 Å². The Morgan fingerprint density at radius 3 is 2.56 bits per heavy atom. The number of ketones is 1. The average molecular weight is 407 g/mol. The molecule has 0 amide bonds. The maximum Gasteiger partial charge on any atom is 0.381 e. The molecule has 3 rings (SSSR count). The summed E-state index contributed by atoms with van der Waals surface area (Å²) in [5, 5.41) is 0.631. The lowest BCUT2D eigenvalue weighted by Gasteiger charge is -2.13. The molecule has 1 heterocycles. The summed E-state index contributed by atoms with van der Waals surface area (Å²) in [6.45, 7) is 1.53. The smallest absolute Gasteiger partial charge is 0.381 e. The maximum absolute atomic E-state index is 13.3. The number of nitrogen functional groups attached to an aromatic ring is 1. The summed E-state index contributed by atoms with van der Waals surface area (Å²) in [5.41, 5.74) is 5.68. The molecule has 0 bridgehead atoms. The van der Waals surface area contributed by atoms with E-state index in [1.807, 2.05) is 0 Å². The Morgan fingerprint density at radius 2 is 1.85 bits per heavy atom. The Balaban J connectivity index is 2.32. The zero-order valence-corrected chi connectivity index (χ0v) is 15.8. The molecule has 0 spiro atoms. The second-order valence-corrected chi connectivity index (χ2v) is 7.78. The highest BCUT2D eigenvalue weighted by atomic mass is 35.5. The molecule has 0 atom stereocenters. The Morgan fingerprint density at radius 1 is 1.15 bits per heavy atom. The fourth-order valence-corrected chi connectivity index (χ4v) is 4.57. The summed E-state index contributed by atoms with van der Waals surface area (Å²) in [6, 6.07) is 11.8. The van der Waals surface area contributed by atoms with Crippen LogP contribution >= 0.6 is 11.6 Å². The van der Waals surface area contributed by atoms with Crippen molar-refractivity contribution in [3.63, 3.8) is 0 Å². The van der Waals surface area contributed by atoms with Crippen LogP contribution < -0.4 is 5.73 Å². The van der Waals surface area contributed by atoms with E-state index in [0.717, 1.165) is 3.97 Å². The van der Waals surface area contributed by atoms with Crippen molar-refractivity contribution in [1.29, 1.82) is 0 Å². The van der Waals surface area contributed by atoms with Gasteiger partial charge in [-0.05, 0) is 37.3 Å². The number of anilines is 1. The van der Waals surface area contributed by atoms with Crippen molar-refractivity contribution in [2.45, 2.75) is 11.8 Å². The molecule has 0 radical (unpaired) electrons. The van der Waals surface area contributed by atoms with E-state index in [1.165, 1.54) is 30.3 Å². The van der Waals surface area contributed by atoms with Gasteiger partial charge in [-0.1, -0.05) is 29.8 Å². The van der Waals surface area contributed by atoms with E-state index >= 15 is 0 Å². The maximum atomic E-state index is 13.3. The zero-order chi connectivity index (χ0) is 19.8. The number of nitrogens with zero attached hydrogens (tertiary/aromatic N) is 1. The largest absolute Gasteiger partial charge is 0.460 e. The number of nitrogens with two attached hydrogens (primary N) is 1. The molecule has 7 nitrogen and oxygen atoms in total. The number of rotatable bonds is 5. The number of ether oxygens (including phenoxy) is 1. The Kier molecular flexibility index (Phi) is 4.95. The van der Waals surface area contributed by atoms with Gasteiger partial charge in [-0.25, -0.2) is 17.2 Å². The number of fused-ring (bicyclic) bond motifs is 1. The van der Waals surface area contributed by atoms with Gasteiger partial charge in [0.2, 0.25) is 0 Å². The van der Waals surface area contributed by atoms with Crippen LogP contribution in [0.2, 0.25) is 5.02 Å². The lowest BCUT2D eigenvalue weighted by atomic mass is 10.2. The van der Waals surface area contributed by atoms with E-state index in [9.17, 15) is 18.0 Å². The van der Waals surface area contributed by atoms with E-state index < -0.39 is 21.8 Å². The minimum absolute atomic E-state index is 0.0151. The first kappa shape index (κ1) is 18.9. The number of aromatic nitrogens is 1. The molecule has 1 aromatic heterocycles. The van der Waals surface area contributed by atoms with Crippen LogP contribution in [0.3, 0.4) is 0 Å². The fourth-order valence-electron chi connectivity index (χ4n) is 2.68. The van der Waals surface area contributed by atoms with Crippen LogP contribution in [0, 0.1) is 0 Å². The number of carbonyl (C=O) groups excluding carboxylic acids is 2. The molecule has 2 aromatic carbocycles. The van der Waals surface area contributed by atoms with Crippen molar-refractivity contribution in [2.75, 3.05) is 12.3 Å². The van der Waals surface area contributed by atoms with Crippen molar-refractivity contribution >= 4 is 50.0 Å². The highest BCUT2D eigenvalue weighted by Gasteiger charge is 2.31. The van der Waals surface area contributed by atoms with Gasteiger partial charge in [0, 0.05) is 10.4 Å². The standard InChI is InChI=1S/C18H15ClN2O5S/c1-2-26-18(23)17(22)15-9-11-5-3-4-6-14(11)21(15)27(24,25)16-10-12(19)7-8-13(16)20/h3-10H,2,20H2,1H3. The van der Waals surface area contributed by atoms with Gasteiger partial charge < -0.3 is 10.5 Å². The Labute approximate surface area is 160 Å². The van der Waals surface area contributed by atoms with E-state index in [4.69, 9.17) is 22.1 Å². The van der Waals surface area contributed by atoms with Crippen molar-refractivity contribution in [1.82, 2.24) is 3.97 Å². The molecule has 0 saturated heterocycles. The minimum atomic E-state index is -4.32. The third-order valence-corrected chi connectivity index (χ3v) is 5.87. The first-order valence-electron chi connectivity index (χ1n) is 7.90. The number of Topliss-reactive ketones (excluding diaryl/α,β-unsaturated/α-hetero) is 1. The topological polar surface area (TPSA) is 108 Å². The highest BCUT2D eigenvalue weighted by Crippen LogP contribution is 2.30. The van der Waals surface area contributed by atoms with Crippen molar-refractivity contribution in [2.24, 2.45) is 0 Å². The minimum Gasteiger partial charge on any atom is -0.460 e. The molecular formula is C18H15ClN2O5S. The summed E-state index contributed by atoms with van der Waals surface area (Å²) >= 11 is 5.93. The van der Waals surface area contributed by atoms with Crippen LogP contribution in [0.25, 0.3) is 10.9 Å². The number of carbonyl (C=O) groups is 2. The number of hydrogen-bond donors (Lipinski definition) is 1. The van der Waals surface area contributed by atoms with Gasteiger partial charge in [-0.2, -0.15) is 0 Å². The normalized spacial score (nSPS) is 11.5. The number of halogens is 1. The lowest BCUT2D eigenvalue weighted by Crippen LogP contribution is -2.25. The highest BCUT2D eigenvalue weighted by molar-refractivity contribution is 7.90. The molecule has 0 aliphatic carbocycles. The zero-order valence-electron chi connectivity index (χ0n) is 14.2. The predicted molar refractivity (Wildman–Crippen MR) is 101 cm³/mol. The summed E-state index contributed by atoms with van der Waals surface area (Å²) in [7, 11) is -4.32. The molecule has 2 N–H and O–H groups in total. The van der Waals surface area contributed by atoms with E-state index in [2.05, 4.69) is 0 Å². The Hall–Kier alpha value is -2.84.